The molecule has 0 saturated carbocycles. The molecule has 0 unspecified atom stereocenters. The Balaban J connectivity index is 3.20. The van der Waals surface area contributed by atoms with Crippen LogP contribution < -0.4 is 0 Å². The number of hydrogen-bond donors (Lipinski definition) is 0. The molecule has 0 aliphatic rings. The van der Waals surface area contributed by atoms with Gasteiger partial charge in [0.15, 0.2) is 0 Å². The second-order valence-electron chi connectivity index (χ2n) is 0.589. The molecule has 0 aromatic rings. The Morgan fingerprint density at radius 3 is 2.20 bits per heavy atom. The number of hydrogen-bond acceptors (Lipinski definition) is 0. The maximum atomic E-state index is 11.0. The molecule has 0 amide bonds. The molecule has 0 spiro atoms. The predicted octanol–water partition coefficient (Wildman–Crippen LogP) is 1.46. The van der Waals surface area contributed by atoms with Gasteiger partial charge in [-0.25, -0.2) is 4.39 Å². The molecule has 0 saturated heterocycles. The van der Waals surface area contributed by atoms with Crippen molar-refractivity contribution >= 4 is 0 Å². The summed E-state index contributed by atoms with van der Waals surface area (Å²) in [7, 11) is 0. The van der Waals surface area contributed by atoms with Crippen LogP contribution in [0.5, 0.6) is 0 Å². The van der Waals surface area contributed by atoms with Crippen LogP contribution in [0.4, 0.5) is 4.39 Å². The van der Waals surface area contributed by atoms with Gasteiger partial charge in [0.05, 0.1) is 0 Å². The van der Waals surface area contributed by atoms with Gasteiger partial charge in [0.2, 0.25) is 0 Å². The van der Waals surface area contributed by atoms with E-state index in [1.807, 2.05) is 0 Å². The fourth-order valence-electron chi connectivity index (χ4n) is 0. The SMILES string of the molecule is [CH]=C(F)C=C. The summed E-state index contributed by atoms with van der Waals surface area (Å²) in [5, 5.41) is 0. The van der Waals surface area contributed by atoms with E-state index in [0.29, 0.717) is 0 Å². The fraction of sp³-hybridized carbons (Fsp3) is 0. The van der Waals surface area contributed by atoms with Gasteiger partial charge in [-0.05, 0) is 12.7 Å². The molecule has 0 aliphatic heterocycles. The van der Waals surface area contributed by atoms with Crippen LogP contribution in [0.1, 0.15) is 0 Å². The van der Waals surface area contributed by atoms with Crippen molar-refractivity contribution in [2.45, 2.75) is 0 Å². The van der Waals surface area contributed by atoms with Gasteiger partial charge in [-0.3, -0.25) is 0 Å². The van der Waals surface area contributed by atoms with Crippen molar-refractivity contribution < 1.29 is 4.39 Å². The molecule has 0 nitrogen and oxygen atoms in total. The quantitative estimate of drug-likeness (QED) is 0.410. The Labute approximate surface area is 30.6 Å². The normalized spacial score (nSPS) is 6.60. The zero-order valence-electron chi connectivity index (χ0n) is 2.74. The molecule has 0 fully saturated rings. The summed E-state index contributed by atoms with van der Waals surface area (Å²) in [6.45, 7) is 7.45. The van der Waals surface area contributed by atoms with E-state index in [9.17, 15) is 4.39 Å². The first kappa shape index (κ1) is 4.41. The first-order chi connectivity index (χ1) is 2.27. The van der Waals surface area contributed by atoms with Crippen LogP contribution in [0, 0.1) is 6.58 Å². The fourth-order valence-corrected chi connectivity index (χ4v) is 0. The van der Waals surface area contributed by atoms with Gasteiger partial charge in [0, 0.05) is 0 Å². The molecule has 0 heterocycles. The highest BCUT2D eigenvalue weighted by Crippen LogP contribution is 1.85. The standard InChI is InChI=1S/C4H4F/c1-3-4(2)5/h2-3H,1H2. The van der Waals surface area contributed by atoms with E-state index in [-0.39, 0.29) is 0 Å². The molecule has 5 heavy (non-hydrogen) atoms. The minimum Gasteiger partial charge on any atom is -0.207 e. The number of rotatable bonds is 1. The molecular weight excluding hydrogens is 67.0 g/mol. The average molecular weight is 71.1 g/mol. The Kier molecular flexibility index (Phi) is 1.50. The van der Waals surface area contributed by atoms with Crippen LogP contribution in [0.2, 0.25) is 0 Å². The van der Waals surface area contributed by atoms with Gasteiger partial charge < -0.3 is 0 Å². The van der Waals surface area contributed by atoms with Crippen LogP contribution in [0.3, 0.4) is 0 Å². The molecule has 0 aromatic carbocycles. The zero-order chi connectivity index (χ0) is 4.28. The van der Waals surface area contributed by atoms with Gasteiger partial charge in [0.25, 0.3) is 0 Å². The number of halogens is 1. The maximum absolute atomic E-state index is 11.0. The van der Waals surface area contributed by atoms with Crippen LogP contribution in [0.15, 0.2) is 18.5 Å². The summed E-state index contributed by atoms with van der Waals surface area (Å²) in [6, 6.07) is 0. The molecule has 0 atom stereocenters. The summed E-state index contributed by atoms with van der Waals surface area (Å²) in [5.74, 6) is -0.731. The van der Waals surface area contributed by atoms with Crippen molar-refractivity contribution in [1.29, 1.82) is 0 Å². The second kappa shape index (κ2) is 1.70. The third-order valence-corrected chi connectivity index (χ3v) is 0.195. The van der Waals surface area contributed by atoms with E-state index >= 15 is 0 Å². The summed E-state index contributed by atoms with van der Waals surface area (Å²) in [5.41, 5.74) is 0. The Morgan fingerprint density at radius 2 is 2.20 bits per heavy atom. The van der Waals surface area contributed by atoms with Gasteiger partial charge in [-0.2, -0.15) is 0 Å². The summed E-state index contributed by atoms with van der Waals surface area (Å²) in [6.07, 6.45) is 0.944. The molecule has 1 radical (unpaired) electrons. The van der Waals surface area contributed by atoms with Crippen molar-refractivity contribution in [2.24, 2.45) is 0 Å². The average Bonchev–Trinajstić information content (AvgIpc) is 1.38. The zero-order valence-corrected chi connectivity index (χ0v) is 2.74. The summed E-state index contributed by atoms with van der Waals surface area (Å²) < 4.78 is 11.0. The van der Waals surface area contributed by atoms with Crippen molar-refractivity contribution in [1.82, 2.24) is 0 Å². The smallest absolute Gasteiger partial charge is 0.122 e. The highest BCUT2D eigenvalue weighted by molar-refractivity contribution is 4.97. The molecular formula is C4H4F. The lowest BCUT2D eigenvalue weighted by molar-refractivity contribution is 0.669. The van der Waals surface area contributed by atoms with E-state index < -0.39 is 5.83 Å². The van der Waals surface area contributed by atoms with E-state index in [2.05, 4.69) is 13.2 Å². The largest absolute Gasteiger partial charge is 0.207 e. The highest BCUT2D eigenvalue weighted by atomic mass is 19.1. The molecule has 0 bridgehead atoms. The third kappa shape index (κ3) is 3.41. The van der Waals surface area contributed by atoms with Crippen LogP contribution in [0.25, 0.3) is 0 Å². The van der Waals surface area contributed by atoms with E-state index in [4.69, 9.17) is 0 Å². The highest BCUT2D eigenvalue weighted by Gasteiger charge is 1.66. The number of allylic oxidation sites excluding steroid dienone is 2. The minimum atomic E-state index is -0.731. The minimum absolute atomic E-state index is 0.731. The van der Waals surface area contributed by atoms with Crippen molar-refractivity contribution in [2.75, 3.05) is 0 Å². The van der Waals surface area contributed by atoms with E-state index in [1.165, 1.54) is 0 Å². The topological polar surface area (TPSA) is 0 Å². The molecule has 0 N–H and O–H groups in total. The van der Waals surface area contributed by atoms with Crippen LogP contribution >= 0.6 is 0 Å². The van der Waals surface area contributed by atoms with Crippen molar-refractivity contribution in [3.8, 4) is 0 Å². The van der Waals surface area contributed by atoms with Gasteiger partial charge in [0.1, 0.15) is 5.83 Å². The van der Waals surface area contributed by atoms with Crippen molar-refractivity contribution in [3.05, 3.63) is 25.1 Å². The Bertz CT molecular complexity index is 54.7. The van der Waals surface area contributed by atoms with E-state index in [1.54, 1.807) is 0 Å². The van der Waals surface area contributed by atoms with Gasteiger partial charge in [-0.15, -0.1) is 0 Å². The summed E-state index contributed by atoms with van der Waals surface area (Å²) in [4.78, 5) is 0. The Hall–Kier alpha value is -0.590. The maximum Gasteiger partial charge on any atom is 0.122 e. The lowest BCUT2D eigenvalue weighted by Gasteiger charge is -1.65. The van der Waals surface area contributed by atoms with Crippen LogP contribution in [-0.2, 0) is 0 Å². The Morgan fingerprint density at radius 1 is 2.00 bits per heavy atom. The van der Waals surface area contributed by atoms with Gasteiger partial charge >= 0.3 is 0 Å². The molecule has 0 aliphatic carbocycles. The van der Waals surface area contributed by atoms with Crippen molar-refractivity contribution in [3.63, 3.8) is 0 Å². The third-order valence-electron chi connectivity index (χ3n) is 0.195. The monoisotopic (exact) mass is 71.0 g/mol. The lowest BCUT2D eigenvalue weighted by atomic mass is 10.6. The molecule has 27 valence electrons. The lowest BCUT2D eigenvalue weighted by Crippen LogP contribution is -1.46. The molecule has 1 heteroatoms. The first-order valence-corrected chi connectivity index (χ1v) is 1.17. The van der Waals surface area contributed by atoms with Gasteiger partial charge in [-0.1, -0.05) is 6.58 Å². The second-order valence-corrected chi connectivity index (χ2v) is 0.589. The van der Waals surface area contributed by atoms with Crippen LogP contribution in [-0.4, -0.2) is 0 Å². The molecule has 0 rings (SSSR count). The van der Waals surface area contributed by atoms with E-state index in [0.717, 1.165) is 6.08 Å². The first-order valence-electron chi connectivity index (χ1n) is 1.17. The summed E-state index contributed by atoms with van der Waals surface area (Å²) >= 11 is 0. The predicted molar refractivity (Wildman–Crippen MR) is 19.1 cm³/mol. The molecule has 0 aromatic heterocycles.